The van der Waals surface area contributed by atoms with Gasteiger partial charge in [-0.25, -0.2) is 8.42 Å². The smallest absolute Gasteiger partial charge is 0.276 e. The van der Waals surface area contributed by atoms with E-state index in [0.717, 1.165) is 32.2 Å². The molecule has 0 amide bonds. The summed E-state index contributed by atoms with van der Waals surface area (Å²) in [7, 11) is -3.47. The van der Waals surface area contributed by atoms with Gasteiger partial charge in [0.25, 0.3) is 10.0 Å². The second-order valence-electron chi connectivity index (χ2n) is 6.59. The molecule has 130 valence electrons. The standard InChI is InChI=1S/C17H23N3O3S/c21-24(22,20-11-1-2-12-20)17-8-7-14(23-17)13-19-10-4-6-16(19)15-5-3-9-18-15/h3,5,7-9,16,18H,1-2,4,6,10-13H2. The Morgan fingerprint density at radius 3 is 2.71 bits per heavy atom. The van der Waals surface area contributed by atoms with Gasteiger partial charge < -0.3 is 9.40 Å². The lowest BCUT2D eigenvalue weighted by Crippen LogP contribution is -2.27. The first kappa shape index (κ1) is 15.9. The topological polar surface area (TPSA) is 69.5 Å². The minimum Gasteiger partial charge on any atom is -0.447 e. The van der Waals surface area contributed by atoms with Crippen LogP contribution in [0.5, 0.6) is 0 Å². The van der Waals surface area contributed by atoms with Gasteiger partial charge in [0, 0.05) is 25.0 Å². The predicted molar refractivity (Wildman–Crippen MR) is 89.9 cm³/mol. The molecule has 2 aromatic rings. The minimum atomic E-state index is -3.47. The SMILES string of the molecule is O=S(=O)(c1ccc(CN2CCCC2c2ccc[nH]2)o1)N1CCCC1. The molecule has 7 heteroatoms. The number of hydrogen-bond donors (Lipinski definition) is 1. The Labute approximate surface area is 142 Å². The molecule has 0 saturated carbocycles. The number of likely N-dealkylation sites (tertiary alicyclic amines) is 1. The van der Waals surface area contributed by atoms with E-state index in [-0.39, 0.29) is 5.09 Å². The fourth-order valence-corrected chi connectivity index (χ4v) is 5.20. The molecule has 4 rings (SSSR count). The molecule has 1 N–H and O–H groups in total. The summed E-state index contributed by atoms with van der Waals surface area (Å²) in [5, 5.41) is 0.0787. The van der Waals surface area contributed by atoms with E-state index in [1.165, 1.54) is 10.00 Å². The maximum absolute atomic E-state index is 12.5. The third-order valence-electron chi connectivity index (χ3n) is 5.00. The van der Waals surface area contributed by atoms with E-state index in [0.29, 0.717) is 31.4 Å². The Morgan fingerprint density at radius 2 is 1.96 bits per heavy atom. The monoisotopic (exact) mass is 349 g/mol. The molecule has 0 spiro atoms. The zero-order chi connectivity index (χ0) is 16.6. The highest BCUT2D eigenvalue weighted by molar-refractivity contribution is 7.89. The molecule has 2 aromatic heterocycles. The number of hydrogen-bond acceptors (Lipinski definition) is 4. The van der Waals surface area contributed by atoms with Crippen molar-refractivity contribution in [3.05, 3.63) is 41.9 Å². The van der Waals surface area contributed by atoms with Gasteiger partial charge in [-0.15, -0.1) is 0 Å². The van der Waals surface area contributed by atoms with Gasteiger partial charge in [0.15, 0.2) is 0 Å². The molecular weight excluding hydrogens is 326 g/mol. The number of rotatable bonds is 5. The molecule has 2 fully saturated rings. The first-order chi connectivity index (χ1) is 11.6. The van der Waals surface area contributed by atoms with Crippen LogP contribution in [-0.4, -0.2) is 42.2 Å². The lowest BCUT2D eigenvalue weighted by molar-refractivity contribution is 0.218. The quantitative estimate of drug-likeness (QED) is 0.901. The molecule has 0 aromatic carbocycles. The average Bonchev–Trinajstić information content (AvgIpc) is 3.35. The van der Waals surface area contributed by atoms with Crippen LogP contribution >= 0.6 is 0 Å². The van der Waals surface area contributed by atoms with E-state index in [1.807, 2.05) is 12.3 Å². The number of aromatic nitrogens is 1. The molecule has 0 bridgehead atoms. The summed E-state index contributed by atoms with van der Waals surface area (Å²) in [5.41, 5.74) is 1.21. The fourth-order valence-electron chi connectivity index (χ4n) is 3.76. The zero-order valence-electron chi connectivity index (χ0n) is 13.6. The third kappa shape index (κ3) is 2.92. The molecule has 1 atom stereocenters. The van der Waals surface area contributed by atoms with Gasteiger partial charge in [-0.05, 0) is 56.5 Å². The Kier molecular flexibility index (Phi) is 4.24. The molecular formula is C17H23N3O3S. The number of nitrogens with zero attached hydrogens (tertiary/aromatic N) is 2. The highest BCUT2D eigenvalue weighted by Crippen LogP contribution is 2.33. The van der Waals surface area contributed by atoms with Gasteiger partial charge in [-0.2, -0.15) is 4.31 Å². The maximum Gasteiger partial charge on any atom is 0.276 e. The molecule has 0 radical (unpaired) electrons. The van der Waals surface area contributed by atoms with Crippen LogP contribution in [0.25, 0.3) is 0 Å². The molecule has 0 aliphatic carbocycles. The number of aromatic amines is 1. The minimum absolute atomic E-state index is 0.0787. The number of nitrogens with one attached hydrogen (secondary N) is 1. The Balaban J connectivity index is 1.49. The second kappa shape index (κ2) is 6.38. The molecule has 2 aliphatic heterocycles. The van der Waals surface area contributed by atoms with Crippen LogP contribution in [0.1, 0.15) is 43.2 Å². The van der Waals surface area contributed by atoms with E-state index in [1.54, 1.807) is 12.1 Å². The first-order valence-electron chi connectivity index (χ1n) is 8.61. The molecule has 2 aliphatic rings. The lowest BCUT2D eigenvalue weighted by Gasteiger charge is -2.22. The molecule has 24 heavy (non-hydrogen) atoms. The van der Waals surface area contributed by atoms with Gasteiger partial charge in [-0.3, -0.25) is 4.90 Å². The summed E-state index contributed by atoms with van der Waals surface area (Å²) in [4.78, 5) is 5.63. The molecule has 2 saturated heterocycles. The van der Waals surface area contributed by atoms with Crippen LogP contribution in [0.4, 0.5) is 0 Å². The van der Waals surface area contributed by atoms with Crippen LogP contribution in [0.2, 0.25) is 0 Å². The Hall–Kier alpha value is -1.57. The summed E-state index contributed by atoms with van der Waals surface area (Å²) < 4.78 is 32.3. The van der Waals surface area contributed by atoms with E-state index in [9.17, 15) is 8.42 Å². The van der Waals surface area contributed by atoms with Crippen molar-refractivity contribution < 1.29 is 12.8 Å². The average molecular weight is 349 g/mol. The largest absolute Gasteiger partial charge is 0.447 e. The summed E-state index contributed by atoms with van der Waals surface area (Å²) >= 11 is 0. The number of sulfonamides is 1. The van der Waals surface area contributed by atoms with Crippen LogP contribution in [0, 0.1) is 0 Å². The van der Waals surface area contributed by atoms with Crippen molar-refractivity contribution in [1.29, 1.82) is 0 Å². The fraction of sp³-hybridized carbons (Fsp3) is 0.529. The summed E-state index contributed by atoms with van der Waals surface area (Å²) in [5.74, 6) is 0.714. The first-order valence-corrected chi connectivity index (χ1v) is 10.0. The van der Waals surface area contributed by atoms with Crippen molar-refractivity contribution in [2.45, 2.75) is 43.4 Å². The molecule has 4 heterocycles. The van der Waals surface area contributed by atoms with Crippen molar-refractivity contribution in [1.82, 2.24) is 14.2 Å². The van der Waals surface area contributed by atoms with E-state index < -0.39 is 10.0 Å². The Morgan fingerprint density at radius 1 is 1.12 bits per heavy atom. The van der Waals surface area contributed by atoms with Gasteiger partial charge in [0.2, 0.25) is 5.09 Å². The highest BCUT2D eigenvalue weighted by atomic mass is 32.2. The van der Waals surface area contributed by atoms with Gasteiger partial charge in [0.1, 0.15) is 5.76 Å². The van der Waals surface area contributed by atoms with Crippen LogP contribution in [0.3, 0.4) is 0 Å². The van der Waals surface area contributed by atoms with Crippen molar-refractivity contribution in [3.8, 4) is 0 Å². The number of furan rings is 1. The van der Waals surface area contributed by atoms with Crippen molar-refractivity contribution in [2.24, 2.45) is 0 Å². The van der Waals surface area contributed by atoms with Crippen molar-refractivity contribution in [3.63, 3.8) is 0 Å². The summed E-state index contributed by atoms with van der Waals surface area (Å²) in [6, 6.07) is 7.87. The number of H-pyrrole nitrogens is 1. The zero-order valence-corrected chi connectivity index (χ0v) is 14.5. The Bertz CT molecular complexity index is 776. The van der Waals surface area contributed by atoms with Crippen molar-refractivity contribution in [2.75, 3.05) is 19.6 Å². The maximum atomic E-state index is 12.5. The van der Waals surface area contributed by atoms with Crippen molar-refractivity contribution >= 4 is 10.0 Å². The highest BCUT2D eigenvalue weighted by Gasteiger charge is 2.31. The van der Waals surface area contributed by atoms with E-state index in [4.69, 9.17) is 4.42 Å². The second-order valence-corrected chi connectivity index (χ2v) is 8.45. The van der Waals surface area contributed by atoms with Gasteiger partial charge in [0.05, 0.1) is 12.6 Å². The third-order valence-corrected chi connectivity index (χ3v) is 6.77. The lowest BCUT2D eigenvalue weighted by atomic mass is 10.1. The van der Waals surface area contributed by atoms with Crippen LogP contribution in [-0.2, 0) is 16.6 Å². The summed E-state index contributed by atoms with van der Waals surface area (Å²) in [6.45, 7) is 2.83. The van der Waals surface area contributed by atoms with E-state index >= 15 is 0 Å². The summed E-state index contributed by atoms with van der Waals surface area (Å²) in [6.07, 6.45) is 6.06. The molecule has 6 nitrogen and oxygen atoms in total. The predicted octanol–water partition coefficient (Wildman–Crippen LogP) is 2.73. The van der Waals surface area contributed by atoms with E-state index in [2.05, 4.69) is 16.0 Å². The normalized spacial score (nSPS) is 23.2. The van der Waals surface area contributed by atoms with Gasteiger partial charge in [-0.1, -0.05) is 0 Å². The van der Waals surface area contributed by atoms with Gasteiger partial charge >= 0.3 is 0 Å². The van der Waals surface area contributed by atoms with Crippen LogP contribution in [0.15, 0.2) is 40.0 Å². The van der Waals surface area contributed by atoms with Crippen LogP contribution < -0.4 is 0 Å². The molecule has 1 unspecified atom stereocenters.